The molecule has 1 unspecified atom stereocenters. The first kappa shape index (κ1) is 7.68. The van der Waals surface area contributed by atoms with Crippen molar-refractivity contribution in [3.63, 3.8) is 0 Å². The molecule has 1 aliphatic rings. The second-order valence-corrected chi connectivity index (χ2v) is 3.23. The third-order valence-corrected chi connectivity index (χ3v) is 2.48. The number of rotatable bonds is 2. The van der Waals surface area contributed by atoms with Crippen LogP contribution in [-0.2, 0) is 0 Å². The molecule has 1 fully saturated rings. The standard InChI is InChI=1S/C9H14N2O/c12-7-8-3-2-6-11(8)9-4-1-5-10-9/h1,4-5,8,10,12H,2-3,6-7H2. The number of anilines is 1. The van der Waals surface area contributed by atoms with Gasteiger partial charge in [-0.25, -0.2) is 0 Å². The Balaban J connectivity index is 2.13. The number of hydrogen-bond donors (Lipinski definition) is 2. The lowest BCUT2D eigenvalue weighted by atomic mass is 10.2. The molecule has 1 atom stereocenters. The van der Waals surface area contributed by atoms with E-state index in [1.165, 1.54) is 6.42 Å². The van der Waals surface area contributed by atoms with Crippen molar-refractivity contribution in [1.29, 1.82) is 0 Å². The summed E-state index contributed by atoms with van der Waals surface area (Å²) in [5, 5.41) is 9.08. The van der Waals surface area contributed by atoms with Gasteiger partial charge in [0.05, 0.1) is 12.6 Å². The van der Waals surface area contributed by atoms with Crippen LogP contribution in [0.25, 0.3) is 0 Å². The van der Waals surface area contributed by atoms with Crippen molar-refractivity contribution >= 4 is 5.82 Å². The summed E-state index contributed by atoms with van der Waals surface area (Å²) in [6.45, 7) is 1.32. The molecule has 1 saturated heterocycles. The normalized spacial score (nSPS) is 23.4. The molecule has 0 spiro atoms. The van der Waals surface area contributed by atoms with Gasteiger partial charge >= 0.3 is 0 Å². The van der Waals surface area contributed by atoms with E-state index in [9.17, 15) is 0 Å². The molecule has 3 nitrogen and oxygen atoms in total. The lowest BCUT2D eigenvalue weighted by molar-refractivity contribution is 0.266. The highest BCUT2D eigenvalue weighted by molar-refractivity contribution is 5.41. The topological polar surface area (TPSA) is 39.3 Å². The SMILES string of the molecule is OCC1CCCN1c1ccc[nH]1. The van der Waals surface area contributed by atoms with Crippen molar-refractivity contribution in [2.75, 3.05) is 18.1 Å². The van der Waals surface area contributed by atoms with Crippen LogP contribution in [0.4, 0.5) is 5.82 Å². The molecule has 2 rings (SSSR count). The summed E-state index contributed by atoms with van der Waals surface area (Å²) in [6, 6.07) is 4.36. The molecule has 1 aliphatic heterocycles. The van der Waals surface area contributed by atoms with E-state index >= 15 is 0 Å². The minimum atomic E-state index is 0.263. The Morgan fingerprint density at radius 3 is 3.25 bits per heavy atom. The van der Waals surface area contributed by atoms with Gasteiger partial charge in [0.1, 0.15) is 5.82 Å². The van der Waals surface area contributed by atoms with E-state index < -0.39 is 0 Å². The Bertz CT molecular complexity index is 233. The Morgan fingerprint density at radius 1 is 1.67 bits per heavy atom. The number of hydrogen-bond acceptors (Lipinski definition) is 2. The summed E-state index contributed by atoms with van der Waals surface area (Å²) in [4.78, 5) is 5.39. The molecule has 1 aromatic heterocycles. The first-order valence-corrected chi connectivity index (χ1v) is 4.42. The zero-order valence-electron chi connectivity index (χ0n) is 7.03. The summed E-state index contributed by atoms with van der Waals surface area (Å²) >= 11 is 0. The van der Waals surface area contributed by atoms with Crippen LogP contribution in [0.15, 0.2) is 18.3 Å². The van der Waals surface area contributed by atoms with E-state index in [1.807, 2.05) is 18.3 Å². The number of aliphatic hydroxyl groups is 1. The molecule has 2 heterocycles. The number of H-pyrrole nitrogens is 1. The summed E-state index contributed by atoms with van der Waals surface area (Å²) in [5.74, 6) is 1.13. The van der Waals surface area contributed by atoms with Gasteiger partial charge in [0.15, 0.2) is 0 Å². The van der Waals surface area contributed by atoms with E-state index in [1.54, 1.807) is 0 Å². The fourth-order valence-electron chi connectivity index (χ4n) is 1.84. The second-order valence-electron chi connectivity index (χ2n) is 3.23. The average Bonchev–Trinajstić information content (AvgIpc) is 2.74. The average molecular weight is 166 g/mol. The largest absolute Gasteiger partial charge is 0.394 e. The smallest absolute Gasteiger partial charge is 0.106 e. The highest BCUT2D eigenvalue weighted by Crippen LogP contribution is 2.22. The third-order valence-electron chi connectivity index (χ3n) is 2.48. The van der Waals surface area contributed by atoms with Crippen LogP contribution in [0, 0.1) is 0 Å². The van der Waals surface area contributed by atoms with Gasteiger partial charge < -0.3 is 15.0 Å². The summed E-state index contributed by atoms with van der Waals surface area (Å²) in [7, 11) is 0. The van der Waals surface area contributed by atoms with Gasteiger partial charge in [0.2, 0.25) is 0 Å². The number of nitrogens with zero attached hydrogens (tertiary/aromatic N) is 1. The van der Waals surface area contributed by atoms with E-state index in [-0.39, 0.29) is 6.61 Å². The predicted octanol–water partition coefficient (Wildman–Crippen LogP) is 0.976. The van der Waals surface area contributed by atoms with Crippen LogP contribution in [0.1, 0.15) is 12.8 Å². The summed E-state index contributed by atoms with van der Waals surface area (Å²) < 4.78 is 0. The van der Waals surface area contributed by atoms with Gasteiger partial charge in [-0.05, 0) is 25.0 Å². The fraction of sp³-hybridized carbons (Fsp3) is 0.556. The molecule has 66 valence electrons. The van der Waals surface area contributed by atoms with Crippen LogP contribution in [0.2, 0.25) is 0 Å². The van der Waals surface area contributed by atoms with Gasteiger partial charge in [-0.2, -0.15) is 0 Å². The quantitative estimate of drug-likeness (QED) is 0.687. The Hall–Kier alpha value is -0.960. The molecule has 0 saturated carbocycles. The van der Waals surface area contributed by atoms with Crippen molar-refractivity contribution in [2.45, 2.75) is 18.9 Å². The van der Waals surface area contributed by atoms with Crippen molar-refractivity contribution in [1.82, 2.24) is 4.98 Å². The molecule has 12 heavy (non-hydrogen) atoms. The molecule has 0 aromatic carbocycles. The van der Waals surface area contributed by atoms with E-state index in [0.29, 0.717) is 6.04 Å². The first-order valence-electron chi connectivity index (χ1n) is 4.42. The molecule has 2 N–H and O–H groups in total. The van der Waals surface area contributed by atoms with Gasteiger partial charge in [0.25, 0.3) is 0 Å². The molecule has 0 radical (unpaired) electrons. The van der Waals surface area contributed by atoms with E-state index in [4.69, 9.17) is 5.11 Å². The monoisotopic (exact) mass is 166 g/mol. The maximum Gasteiger partial charge on any atom is 0.106 e. The van der Waals surface area contributed by atoms with Gasteiger partial charge in [-0.1, -0.05) is 0 Å². The molecule has 0 bridgehead atoms. The van der Waals surface area contributed by atoms with E-state index in [2.05, 4.69) is 9.88 Å². The van der Waals surface area contributed by atoms with E-state index in [0.717, 1.165) is 18.8 Å². The van der Waals surface area contributed by atoms with Crippen molar-refractivity contribution in [2.24, 2.45) is 0 Å². The lowest BCUT2D eigenvalue weighted by Gasteiger charge is -2.23. The fourth-order valence-corrected chi connectivity index (χ4v) is 1.84. The number of aromatic nitrogens is 1. The maximum absolute atomic E-state index is 9.08. The Kier molecular flexibility index (Phi) is 2.04. The van der Waals surface area contributed by atoms with Crippen LogP contribution in [0.3, 0.4) is 0 Å². The van der Waals surface area contributed by atoms with Crippen molar-refractivity contribution in [3.8, 4) is 0 Å². The molecule has 3 heteroatoms. The van der Waals surface area contributed by atoms with Gasteiger partial charge in [-0.3, -0.25) is 0 Å². The molecular formula is C9H14N2O. The Labute approximate surface area is 72.0 Å². The van der Waals surface area contributed by atoms with Gasteiger partial charge in [-0.15, -0.1) is 0 Å². The van der Waals surface area contributed by atoms with Gasteiger partial charge in [0, 0.05) is 12.7 Å². The maximum atomic E-state index is 9.08. The van der Waals surface area contributed by atoms with Crippen molar-refractivity contribution < 1.29 is 5.11 Å². The number of aliphatic hydroxyl groups excluding tert-OH is 1. The zero-order valence-corrected chi connectivity index (χ0v) is 7.03. The summed E-state index contributed by atoms with van der Waals surface area (Å²) in [5.41, 5.74) is 0. The number of aromatic amines is 1. The first-order chi connectivity index (χ1) is 5.92. The van der Waals surface area contributed by atoms with Crippen LogP contribution in [0.5, 0.6) is 0 Å². The Morgan fingerprint density at radius 2 is 2.58 bits per heavy atom. The van der Waals surface area contributed by atoms with Crippen LogP contribution < -0.4 is 4.90 Å². The highest BCUT2D eigenvalue weighted by Gasteiger charge is 2.23. The van der Waals surface area contributed by atoms with Crippen molar-refractivity contribution in [3.05, 3.63) is 18.3 Å². The molecule has 1 aromatic rings. The third kappa shape index (κ3) is 1.20. The number of nitrogens with one attached hydrogen (secondary N) is 1. The predicted molar refractivity (Wildman–Crippen MR) is 48.2 cm³/mol. The van der Waals surface area contributed by atoms with Crippen LogP contribution >= 0.6 is 0 Å². The zero-order chi connectivity index (χ0) is 8.39. The lowest BCUT2D eigenvalue weighted by Crippen LogP contribution is -2.32. The molecular weight excluding hydrogens is 152 g/mol. The van der Waals surface area contributed by atoms with Crippen LogP contribution in [-0.4, -0.2) is 29.3 Å². The molecule has 0 aliphatic carbocycles. The minimum absolute atomic E-state index is 0.263. The molecule has 0 amide bonds. The second kappa shape index (κ2) is 3.19. The minimum Gasteiger partial charge on any atom is -0.394 e. The highest BCUT2D eigenvalue weighted by atomic mass is 16.3. The summed E-state index contributed by atoms with van der Waals surface area (Å²) in [6.07, 6.45) is 4.21.